The Morgan fingerprint density at radius 1 is 1.12 bits per heavy atom. The van der Waals surface area contributed by atoms with E-state index in [1.54, 1.807) is 37.3 Å². The number of hydrogen-bond acceptors (Lipinski definition) is 4. The van der Waals surface area contributed by atoms with Crippen molar-refractivity contribution in [3.63, 3.8) is 0 Å². The topological polar surface area (TPSA) is 70.6 Å². The second kappa shape index (κ2) is 9.01. The van der Waals surface area contributed by atoms with Crippen molar-refractivity contribution in [3.05, 3.63) is 71.8 Å². The van der Waals surface area contributed by atoms with Gasteiger partial charge in [-0.2, -0.15) is 26.7 Å². The molecule has 5 nitrogen and oxygen atoms in total. The van der Waals surface area contributed by atoms with Gasteiger partial charge >= 0.3 is 6.18 Å². The SMILES string of the molecule is C[C@H](NC(=O)c1ccc2c(Oc3ccc(C(F)(F)F)cc3)cccc2c1)C1(O)CNC1.S. The predicted octanol–water partition coefficient (Wildman–Crippen LogP) is 4.22. The Morgan fingerprint density at radius 3 is 2.41 bits per heavy atom. The van der Waals surface area contributed by atoms with Crippen molar-refractivity contribution in [2.45, 2.75) is 24.7 Å². The van der Waals surface area contributed by atoms with Crippen molar-refractivity contribution in [2.24, 2.45) is 0 Å². The number of benzene rings is 3. The zero-order valence-electron chi connectivity index (χ0n) is 17.2. The van der Waals surface area contributed by atoms with Crippen LogP contribution in [0.1, 0.15) is 22.8 Å². The van der Waals surface area contributed by atoms with Gasteiger partial charge in [-0.25, -0.2) is 0 Å². The molecule has 32 heavy (non-hydrogen) atoms. The van der Waals surface area contributed by atoms with E-state index in [4.69, 9.17) is 4.74 Å². The fourth-order valence-corrected chi connectivity index (χ4v) is 3.42. The largest absolute Gasteiger partial charge is 0.457 e. The maximum absolute atomic E-state index is 12.7. The van der Waals surface area contributed by atoms with Crippen molar-refractivity contribution in [2.75, 3.05) is 13.1 Å². The van der Waals surface area contributed by atoms with Crippen LogP contribution in [-0.4, -0.2) is 35.7 Å². The molecule has 0 bridgehead atoms. The number of alkyl halides is 3. The Balaban J connectivity index is 0.00000289. The van der Waals surface area contributed by atoms with E-state index in [0.29, 0.717) is 29.8 Å². The number of ether oxygens (including phenoxy) is 1. The summed E-state index contributed by atoms with van der Waals surface area (Å²) in [6.07, 6.45) is -4.41. The van der Waals surface area contributed by atoms with E-state index in [0.717, 1.165) is 17.5 Å². The quantitative estimate of drug-likeness (QED) is 0.529. The molecule has 1 aliphatic rings. The summed E-state index contributed by atoms with van der Waals surface area (Å²) in [5.74, 6) is 0.440. The third-order valence-electron chi connectivity index (χ3n) is 5.53. The van der Waals surface area contributed by atoms with Gasteiger partial charge in [-0.3, -0.25) is 4.79 Å². The third-order valence-corrected chi connectivity index (χ3v) is 5.53. The Hall–Kier alpha value is -2.75. The minimum absolute atomic E-state index is 0. The molecular formula is C23H23F3N2O3S. The van der Waals surface area contributed by atoms with Gasteiger partial charge in [-0.05, 0) is 60.8 Å². The first-order chi connectivity index (χ1) is 14.7. The molecule has 4 rings (SSSR count). The molecule has 3 aromatic carbocycles. The first-order valence-corrected chi connectivity index (χ1v) is 9.78. The fraction of sp³-hybridized carbons (Fsp3) is 0.261. The summed E-state index contributed by atoms with van der Waals surface area (Å²) in [7, 11) is 0. The molecular weight excluding hydrogens is 441 g/mol. The molecule has 1 heterocycles. The van der Waals surface area contributed by atoms with E-state index >= 15 is 0 Å². The first kappa shape index (κ1) is 23.9. The van der Waals surface area contributed by atoms with E-state index in [-0.39, 0.29) is 25.2 Å². The lowest BCUT2D eigenvalue weighted by Gasteiger charge is -2.42. The molecule has 0 spiro atoms. The molecule has 170 valence electrons. The van der Waals surface area contributed by atoms with E-state index in [2.05, 4.69) is 10.6 Å². The molecule has 9 heteroatoms. The average molecular weight is 465 g/mol. The van der Waals surface area contributed by atoms with Crippen LogP contribution in [0.25, 0.3) is 10.8 Å². The molecule has 1 amide bonds. The predicted molar refractivity (Wildman–Crippen MR) is 121 cm³/mol. The maximum atomic E-state index is 12.7. The van der Waals surface area contributed by atoms with Gasteiger partial charge in [0.2, 0.25) is 0 Å². The Kier molecular flexibility index (Phi) is 6.73. The van der Waals surface area contributed by atoms with Crippen LogP contribution in [0.4, 0.5) is 13.2 Å². The number of rotatable bonds is 5. The van der Waals surface area contributed by atoms with Gasteiger partial charge in [0.15, 0.2) is 0 Å². The van der Waals surface area contributed by atoms with Gasteiger partial charge in [0, 0.05) is 24.0 Å². The van der Waals surface area contributed by atoms with Crippen LogP contribution in [0.5, 0.6) is 11.5 Å². The lowest BCUT2D eigenvalue weighted by atomic mass is 9.89. The molecule has 0 radical (unpaired) electrons. The fourth-order valence-electron chi connectivity index (χ4n) is 3.42. The van der Waals surface area contributed by atoms with Crippen molar-refractivity contribution in [1.82, 2.24) is 10.6 Å². The van der Waals surface area contributed by atoms with Crippen LogP contribution >= 0.6 is 13.5 Å². The minimum Gasteiger partial charge on any atom is -0.457 e. The van der Waals surface area contributed by atoms with Crippen molar-refractivity contribution >= 4 is 30.2 Å². The summed E-state index contributed by atoms with van der Waals surface area (Å²) in [5, 5.41) is 17.6. The standard InChI is InChI=1S/C23H21F3N2O3.H2S/c1-14(22(30)12-27-13-22)28-21(29)16-5-10-19-15(11-16)3-2-4-20(19)31-18-8-6-17(7-9-18)23(24,25)26;/h2-11,14,27,30H,12-13H2,1H3,(H,28,29);1H2/t14-;/m0./s1. The van der Waals surface area contributed by atoms with Gasteiger partial charge in [0.25, 0.3) is 5.91 Å². The molecule has 1 fully saturated rings. The number of carbonyl (C=O) groups excluding carboxylic acids is 1. The lowest BCUT2D eigenvalue weighted by Crippen LogP contribution is -2.68. The minimum atomic E-state index is -4.41. The summed E-state index contributed by atoms with van der Waals surface area (Å²) in [6.45, 7) is 2.61. The number of halogens is 3. The van der Waals surface area contributed by atoms with Crippen LogP contribution < -0.4 is 15.4 Å². The van der Waals surface area contributed by atoms with Gasteiger partial charge in [0.05, 0.1) is 11.6 Å². The molecule has 1 saturated heterocycles. The van der Waals surface area contributed by atoms with Crippen LogP contribution in [0.15, 0.2) is 60.7 Å². The second-order valence-corrected chi connectivity index (χ2v) is 7.72. The monoisotopic (exact) mass is 464 g/mol. The van der Waals surface area contributed by atoms with Crippen LogP contribution in [-0.2, 0) is 6.18 Å². The molecule has 3 N–H and O–H groups in total. The number of hydrogen-bond donors (Lipinski definition) is 3. The number of amides is 1. The number of carbonyl (C=O) groups is 1. The summed E-state index contributed by atoms with van der Waals surface area (Å²) < 4.78 is 44.0. The van der Waals surface area contributed by atoms with E-state index < -0.39 is 23.4 Å². The Morgan fingerprint density at radius 2 is 1.81 bits per heavy atom. The highest BCUT2D eigenvalue weighted by Gasteiger charge is 2.40. The molecule has 1 aliphatic heterocycles. The number of fused-ring (bicyclic) bond motifs is 1. The Labute approximate surface area is 190 Å². The van der Waals surface area contributed by atoms with Crippen LogP contribution in [0.3, 0.4) is 0 Å². The highest BCUT2D eigenvalue weighted by molar-refractivity contribution is 7.59. The molecule has 0 saturated carbocycles. The second-order valence-electron chi connectivity index (χ2n) is 7.72. The number of nitrogens with one attached hydrogen (secondary N) is 2. The number of β-amino-alcohol motifs (C(OH)–C–C–N with tert-alkyl or cyclic N) is 1. The first-order valence-electron chi connectivity index (χ1n) is 9.78. The average Bonchev–Trinajstić information content (AvgIpc) is 2.71. The van der Waals surface area contributed by atoms with Crippen molar-refractivity contribution < 1.29 is 27.8 Å². The summed E-state index contributed by atoms with van der Waals surface area (Å²) in [5.41, 5.74) is -1.26. The summed E-state index contributed by atoms with van der Waals surface area (Å²) in [4.78, 5) is 12.6. The lowest BCUT2D eigenvalue weighted by molar-refractivity contribution is -0.137. The van der Waals surface area contributed by atoms with Crippen molar-refractivity contribution in [3.8, 4) is 11.5 Å². The van der Waals surface area contributed by atoms with Gasteiger partial charge in [-0.1, -0.05) is 12.1 Å². The van der Waals surface area contributed by atoms with Crippen LogP contribution in [0.2, 0.25) is 0 Å². The van der Waals surface area contributed by atoms with E-state index in [9.17, 15) is 23.1 Å². The summed E-state index contributed by atoms with van der Waals surface area (Å²) in [6, 6.07) is 14.4. The smallest absolute Gasteiger partial charge is 0.416 e. The molecule has 1 atom stereocenters. The van der Waals surface area contributed by atoms with Crippen LogP contribution in [0, 0.1) is 0 Å². The van der Waals surface area contributed by atoms with Gasteiger partial charge in [-0.15, -0.1) is 0 Å². The molecule has 3 aromatic rings. The van der Waals surface area contributed by atoms with Crippen molar-refractivity contribution in [1.29, 1.82) is 0 Å². The molecule has 0 aromatic heterocycles. The van der Waals surface area contributed by atoms with Gasteiger partial charge < -0.3 is 20.5 Å². The zero-order valence-corrected chi connectivity index (χ0v) is 18.2. The number of aliphatic hydroxyl groups is 1. The van der Waals surface area contributed by atoms with E-state index in [1.165, 1.54) is 12.1 Å². The van der Waals surface area contributed by atoms with E-state index in [1.807, 2.05) is 6.07 Å². The molecule has 0 unspecified atom stereocenters. The third kappa shape index (κ3) is 4.85. The van der Waals surface area contributed by atoms with Gasteiger partial charge in [0.1, 0.15) is 17.1 Å². The molecule has 0 aliphatic carbocycles. The highest BCUT2D eigenvalue weighted by atomic mass is 32.1. The zero-order chi connectivity index (χ0) is 22.2. The highest BCUT2D eigenvalue weighted by Crippen LogP contribution is 2.33. The Bertz CT molecular complexity index is 1120. The normalized spacial score (nSPS) is 15.9. The maximum Gasteiger partial charge on any atom is 0.416 e. The summed E-state index contributed by atoms with van der Waals surface area (Å²) >= 11 is 0.